The van der Waals surface area contributed by atoms with Gasteiger partial charge in [0.25, 0.3) is 0 Å². The first-order valence-corrected chi connectivity index (χ1v) is 25.6. The van der Waals surface area contributed by atoms with E-state index in [0.29, 0.717) is 25.9 Å². The van der Waals surface area contributed by atoms with Gasteiger partial charge in [-0.2, -0.15) is 106 Å². The maximum atomic E-state index is 9.78. The van der Waals surface area contributed by atoms with E-state index in [9.17, 15) is 14.4 Å². The zero-order valence-corrected chi connectivity index (χ0v) is 92.6. The van der Waals surface area contributed by atoms with E-state index in [1.165, 1.54) is 120 Å². The van der Waals surface area contributed by atoms with Gasteiger partial charge in [-0.25, -0.2) is 0 Å². The van der Waals surface area contributed by atoms with E-state index in [-0.39, 0.29) is 337 Å². The molecule has 3 amide bonds. The summed E-state index contributed by atoms with van der Waals surface area (Å²) in [4.78, 5) is 66.9. The molecule has 0 aliphatic carbocycles. The van der Waals surface area contributed by atoms with Gasteiger partial charge in [0.2, 0.25) is 0 Å². The average molecular weight is 2950 g/mol. The number of hydrogen-bond donors (Lipinski definition) is 12. The molecule has 7 aliphatic heterocycles. The van der Waals surface area contributed by atoms with Gasteiger partial charge in [0.15, 0.2) is 0 Å². The van der Waals surface area contributed by atoms with Gasteiger partial charge in [-0.3, -0.25) is 45.8 Å². The first-order valence-electron chi connectivity index (χ1n) is 23.3. The summed E-state index contributed by atoms with van der Waals surface area (Å²) < 4.78 is 0. The van der Waals surface area contributed by atoms with Crippen molar-refractivity contribution >= 4 is 82.7 Å². The average Bonchev–Trinajstić information content (AvgIpc) is 4.33. The van der Waals surface area contributed by atoms with Gasteiger partial charge in [-0.15, -0.1) is 0 Å². The Morgan fingerprint density at radius 1 is 0.323 bits per heavy atom. The third kappa shape index (κ3) is 384. The van der Waals surface area contributed by atoms with E-state index in [1.54, 1.807) is 33.9 Å². The molecule has 7 heterocycles. The van der Waals surface area contributed by atoms with Crippen LogP contribution >= 0.6 is 37.6 Å². The predicted octanol–water partition coefficient (Wildman–Crippen LogP) is 9.81. The van der Waals surface area contributed by atoms with Crippen molar-refractivity contribution in [2.24, 2.45) is 0 Å². The Hall–Kier alpha value is 6.36. The van der Waals surface area contributed by atoms with Crippen LogP contribution in [0.2, 0.25) is 0 Å². The summed E-state index contributed by atoms with van der Waals surface area (Å²) in [6.45, 7) is 23.4. The molecule has 0 spiro atoms. The molecule has 28 nitrogen and oxygen atoms in total. The largest absolute Gasteiger partial charge is 2.00 e. The fourth-order valence-corrected chi connectivity index (χ4v) is 4.09. The normalized spacial score (nSPS) is 10.7. The predicted molar refractivity (Wildman–Crippen MR) is 386 cm³/mol. The standard InChI is InChI=1S/3C5H7NO.4C4H8N.4CH6NP.6CH4N.4CHO2.4CH4.4CH3.7V.7W/c3*7-5-6-3-1-2-4-6;4*1-2-4-5-3-1;4*1-2-3;6*1-2;4*2-1-3;;;;;;;;;;;;;;;;;;;;;;/h3*3H,1-2,4H2;4*3,5H,1-2,4H2;4*2H,3H2,1H3;6*2H,1H3;4*(H,2,3);4*1H4;4*1H3;;;;;;;;;;;;;;/q3*-2;4*-1;;;;;10*-1;;;;;4*-1;7*+2;;;;;3*+2. The minimum atomic E-state index is 0. The van der Waals surface area contributed by atoms with Crippen molar-refractivity contribution in [2.45, 2.75) is 120 Å². The van der Waals surface area contributed by atoms with Gasteiger partial charge in [-0.05, 0) is 74.0 Å². The molecule has 4 atom stereocenters. The molecule has 0 aromatic rings. The SMILES string of the molecule is C.C.C.C.CNP.CNP.CNP.CNP.C[NH-].C[NH-].C[NH-].C[NH-].C[NH-].C[NH-].O=[C-]N1[CH-]CCC1.O=[C-]N1[CH-]CCC1.O=[C-]N1[CH-]CCC1.O=[C-]O.O=[C-]O.O=[C-]O.O=[C-]O.[CH-]1CCCN1.[CH-]1CCCN1.[CH-]1CCCN1.[CH-]1CCCN1.[CH3-].[CH3-].[CH3-].[CH3-].[V+2].[V+2].[V+2].[V+2].[V+2].[V+2].[V+2].[W+2].[W+2].[W+2].[W].[W].[W].[W]. The zero-order chi connectivity index (χ0) is 63.1. The molecule has 7 saturated heterocycles. The van der Waals surface area contributed by atoms with Gasteiger partial charge in [-0.1, -0.05) is 138 Å². The second-order valence-electron chi connectivity index (χ2n) is 11.6. The molecule has 0 bridgehead atoms. The summed E-state index contributed by atoms with van der Waals surface area (Å²) in [6.07, 6.45) is 22.2. The van der Waals surface area contributed by atoms with Crippen molar-refractivity contribution in [1.82, 2.24) is 56.3 Å². The number of nitrogens with one attached hydrogen (secondary N) is 14. The Morgan fingerprint density at radius 2 is 0.434 bits per heavy atom. The van der Waals surface area contributed by atoms with Crippen molar-refractivity contribution in [3.8, 4) is 0 Å². The number of rotatable bonds is 3. The molecule has 46 heteroatoms. The fraction of sp³-hybridized carbons (Fsp3) is 0.660. The Kier molecular flexibility index (Phi) is 789. The molecule has 4 unspecified atom stereocenters. The summed E-state index contributed by atoms with van der Waals surface area (Å²) in [5, 5.41) is 50.1. The van der Waals surface area contributed by atoms with E-state index in [1.807, 2.05) is 47.8 Å². The van der Waals surface area contributed by atoms with Crippen LogP contribution in [0.15, 0.2) is 0 Å². The quantitative estimate of drug-likeness (QED) is 0.0923. The second kappa shape index (κ2) is 327. The molecule has 0 aromatic heterocycles. The van der Waals surface area contributed by atoms with E-state index in [2.05, 4.69) is 105 Å². The molecule has 0 saturated carbocycles. The monoisotopic (exact) mass is 2950 g/mol. The van der Waals surface area contributed by atoms with Gasteiger partial charge in [0.1, 0.15) is 0 Å². The second-order valence-corrected chi connectivity index (χ2v) is 13.9. The van der Waals surface area contributed by atoms with E-state index < -0.39 is 0 Å². The minimum Gasteiger partial charge on any atom is -0.680 e. The molecule has 7 fully saturated rings. The molecule has 597 valence electrons. The molecule has 0 aromatic carbocycles. The van der Waals surface area contributed by atoms with E-state index >= 15 is 0 Å². The Balaban J connectivity index is -0.0000000124. The van der Waals surface area contributed by atoms with Gasteiger partial charge in [0, 0.05) is 84.3 Å². The number of carbonyl (C=O) groups excluding carboxylic acids is 3. The Labute approximate surface area is 805 Å². The van der Waals surface area contributed by atoms with Gasteiger partial charge < -0.3 is 174 Å². The number of likely N-dealkylation sites (tertiary alicyclic amines) is 3. The van der Waals surface area contributed by atoms with E-state index in [4.69, 9.17) is 74.0 Å². The number of nitrogens with zero attached hydrogens (tertiary/aromatic N) is 3. The number of aliphatic hydroxyl groups excluding tert-OH is 4. The molecule has 99 heavy (non-hydrogen) atoms. The third-order valence-corrected chi connectivity index (χ3v) is 6.47. The van der Waals surface area contributed by atoms with Crippen LogP contribution in [-0.4, -0.2) is 197 Å². The van der Waals surface area contributed by atoms with Crippen molar-refractivity contribution in [3.63, 3.8) is 0 Å². The Bertz CT molecular complexity index is 798. The van der Waals surface area contributed by atoms with Crippen molar-refractivity contribution < 1.29 is 331 Å². The van der Waals surface area contributed by atoms with Crippen LogP contribution in [0.5, 0.6) is 0 Å². The molecule has 18 N–H and O–H groups in total. The van der Waals surface area contributed by atoms with Crippen LogP contribution in [0.4, 0.5) is 0 Å². The fourth-order valence-electron chi connectivity index (χ4n) is 4.09. The van der Waals surface area contributed by atoms with Crippen molar-refractivity contribution in [3.05, 3.63) is 110 Å². The summed E-state index contributed by atoms with van der Waals surface area (Å²) in [5.41, 5.74) is 34.5. The maximum absolute atomic E-state index is 9.78. The number of amides is 3. The molecular weight excluding hydrogens is 2820 g/mol. The van der Waals surface area contributed by atoms with Crippen molar-refractivity contribution in [1.29, 1.82) is 0 Å². The zero-order valence-electron chi connectivity index (χ0n) is 57.7. The summed E-state index contributed by atoms with van der Waals surface area (Å²) in [6, 6.07) is 0. The van der Waals surface area contributed by atoms with Gasteiger partial charge >= 0.3 is 193 Å². The van der Waals surface area contributed by atoms with Crippen LogP contribution in [0, 0.1) is 75.5 Å². The van der Waals surface area contributed by atoms with Crippen LogP contribution in [0.25, 0.3) is 34.4 Å². The topological polar surface area (TPSA) is 449 Å². The maximum Gasteiger partial charge on any atom is 2.00 e. The Morgan fingerprint density at radius 3 is 0.465 bits per heavy atom. The summed E-state index contributed by atoms with van der Waals surface area (Å²) >= 11 is 0. The van der Waals surface area contributed by atoms with Gasteiger partial charge in [0.05, 0.1) is 0 Å². The van der Waals surface area contributed by atoms with E-state index in [0.717, 1.165) is 58.2 Å². The molecule has 7 aliphatic rings. The molecule has 7 radical (unpaired) electrons. The van der Waals surface area contributed by atoms with Crippen LogP contribution < -0.4 is 41.6 Å². The van der Waals surface area contributed by atoms with Crippen LogP contribution in [0.3, 0.4) is 0 Å². The first-order chi connectivity index (χ1) is 37.6. The summed E-state index contributed by atoms with van der Waals surface area (Å²) in [5.74, 6) is 0. The molecule has 7 rings (SSSR count). The third-order valence-electron chi connectivity index (χ3n) is 6.47. The van der Waals surface area contributed by atoms with Crippen molar-refractivity contribution in [2.75, 3.05) is 116 Å². The first kappa shape index (κ1) is 239. The van der Waals surface area contributed by atoms with Crippen LogP contribution in [-0.2, 0) is 311 Å². The smallest absolute Gasteiger partial charge is 0.680 e. The van der Waals surface area contributed by atoms with Crippen LogP contribution in [0.1, 0.15) is 120 Å². The molecular formula is C53H133N17O11P4V7W7-4. The minimum absolute atomic E-state index is 0. The summed E-state index contributed by atoms with van der Waals surface area (Å²) in [7, 11) is 24.2. The number of hydrogen-bond acceptors (Lipinski definition) is 15.